The Labute approximate surface area is 222 Å². The molecule has 3 atom stereocenters. The average molecular weight is 532 g/mol. The van der Waals surface area contributed by atoms with Crippen LogP contribution in [-0.2, 0) is 6.42 Å². The van der Waals surface area contributed by atoms with E-state index in [2.05, 4.69) is 25.4 Å². The number of anilines is 1. The molecule has 2 fully saturated rings. The van der Waals surface area contributed by atoms with Gasteiger partial charge >= 0.3 is 6.03 Å². The molecule has 2 saturated heterocycles. The highest BCUT2D eigenvalue weighted by molar-refractivity contribution is 7.17. The van der Waals surface area contributed by atoms with Crippen molar-refractivity contribution in [2.45, 2.75) is 45.6 Å². The molecule has 37 heavy (non-hydrogen) atoms. The number of Topliss-reactive ketones (excluding diaryl/α,β-unsaturated/α-hetero) is 1. The number of halogens is 1. The largest absolute Gasteiger partial charge is 0.395 e. The fourth-order valence-electron chi connectivity index (χ4n) is 5.64. The summed E-state index contributed by atoms with van der Waals surface area (Å²) in [5.74, 6) is 0.561. The molecule has 0 bridgehead atoms. The number of aromatic nitrogens is 1. The number of carbonyl (C=O) groups excluding carboxylic acids is 2. The second kappa shape index (κ2) is 12.9. The molecular formula is C27H38FN5O3S. The van der Waals surface area contributed by atoms with E-state index >= 15 is 0 Å². The van der Waals surface area contributed by atoms with Crippen LogP contribution in [-0.4, -0.2) is 83.6 Å². The van der Waals surface area contributed by atoms with E-state index in [9.17, 15) is 19.1 Å². The zero-order valence-corrected chi connectivity index (χ0v) is 22.5. The summed E-state index contributed by atoms with van der Waals surface area (Å²) in [4.78, 5) is 34.2. The van der Waals surface area contributed by atoms with Crippen molar-refractivity contribution in [2.75, 3.05) is 51.2 Å². The molecule has 10 heteroatoms. The predicted octanol–water partition coefficient (Wildman–Crippen LogP) is 3.55. The molecule has 0 radical (unpaired) electrons. The van der Waals surface area contributed by atoms with Gasteiger partial charge in [0.1, 0.15) is 5.82 Å². The number of thiazole rings is 1. The van der Waals surface area contributed by atoms with Gasteiger partial charge in [-0.3, -0.25) is 15.0 Å². The average Bonchev–Trinajstić information content (AvgIpc) is 3.22. The Morgan fingerprint density at radius 2 is 1.95 bits per heavy atom. The summed E-state index contributed by atoms with van der Waals surface area (Å²) in [5, 5.41) is 15.8. The molecule has 0 unspecified atom stereocenters. The summed E-state index contributed by atoms with van der Waals surface area (Å²) in [6, 6.07) is 6.44. The first kappa shape index (κ1) is 27.6. The topological polar surface area (TPSA) is 97.8 Å². The minimum atomic E-state index is -0.322. The van der Waals surface area contributed by atoms with Gasteiger partial charge in [0.25, 0.3) is 0 Å². The van der Waals surface area contributed by atoms with Gasteiger partial charge in [0.15, 0.2) is 10.9 Å². The van der Waals surface area contributed by atoms with Crippen molar-refractivity contribution in [3.8, 4) is 0 Å². The Hall–Kier alpha value is -2.40. The minimum absolute atomic E-state index is 0.0605. The maximum atomic E-state index is 13.3. The van der Waals surface area contributed by atoms with Crippen LogP contribution >= 0.6 is 11.3 Å². The number of benzene rings is 1. The molecule has 3 N–H and O–H groups in total. The lowest BCUT2D eigenvalue weighted by atomic mass is 9.87. The van der Waals surface area contributed by atoms with E-state index in [1.807, 2.05) is 12.1 Å². The summed E-state index contributed by atoms with van der Waals surface area (Å²) in [6.45, 7) is 8.47. The number of amides is 2. The standard InChI is InChI=1S/C27H38FN5O3S/c1-18-25(19(2)35)37-27(29-18)31-26(36)30-24-17-32(12-13-34)11-9-22(24)16-33-10-3-4-21(15-33)14-20-5-7-23(28)8-6-20/h5-8,21-22,24,34H,3-4,9-17H2,1-2H3,(H2,29,30,31,36)/t21-,22-,24-/m0/s1. The lowest BCUT2D eigenvalue weighted by Gasteiger charge is -2.42. The minimum Gasteiger partial charge on any atom is -0.395 e. The number of rotatable bonds is 9. The molecule has 0 saturated carbocycles. The fraction of sp³-hybridized carbons (Fsp3) is 0.593. The maximum Gasteiger partial charge on any atom is 0.321 e. The Kier molecular flexibility index (Phi) is 9.64. The molecule has 202 valence electrons. The van der Waals surface area contributed by atoms with Crippen LogP contribution in [0.1, 0.15) is 47.1 Å². The molecule has 0 aliphatic carbocycles. The molecule has 1 aromatic carbocycles. The van der Waals surface area contributed by atoms with Crippen LogP contribution < -0.4 is 10.6 Å². The van der Waals surface area contributed by atoms with Crippen molar-refractivity contribution >= 4 is 28.3 Å². The first-order chi connectivity index (χ1) is 17.8. The van der Waals surface area contributed by atoms with Gasteiger partial charge in [-0.15, -0.1) is 0 Å². The number of nitrogens with zero attached hydrogens (tertiary/aromatic N) is 3. The SMILES string of the molecule is CC(=O)c1sc(NC(=O)N[C@H]2CN(CCO)CC[C@H]2CN2CCC[C@@H](Cc3ccc(F)cc3)C2)nc1C. The number of aryl methyl sites for hydroxylation is 1. The van der Waals surface area contributed by atoms with Gasteiger partial charge in [-0.05, 0) is 75.2 Å². The van der Waals surface area contributed by atoms with Crippen LogP contribution in [0.15, 0.2) is 24.3 Å². The van der Waals surface area contributed by atoms with Crippen molar-refractivity contribution in [1.29, 1.82) is 0 Å². The number of urea groups is 1. The van der Waals surface area contributed by atoms with Crippen LogP contribution in [0.3, 0.4) is 0 Å². The Balaban J connectivity index is 1.36. The first-order valence-corrected chi connectivity index (χ1v) is 14.0. The van der Waals surface area contributed by atoms with Crippen molar-refractivity contribution in [2.24, 2.45) is 11.8 Å². The molecule has 2 aliphatic heterocycles. The number of aliphatic hydroxyl groups excluding tert-OH is 1. The van der Waals surface area contributed by atoms with Crippen LogP contribution in [0, 0.1) is 24.6 Å². The first-order valence-electron chi connectivity index (χ1n) is 13.2. The molecule has 2 aromatic rings. The highest BCUT2D eigenvalue weighted by atomic mass is 32.1. The van der Waals surface area contributed by atoms with E-state index in [0.717, 1.165) is 45.4 Å². The number of aliphatic hydroxyl groups is 1. The van der Waals surface area contributed by atoms with E-state index in [4.69, 9.17) is 0 Å². The predicted molar refractivity (Wildman–Crippen MR) is 144 cm³/mol. The van der Waals surface area contributed by atoms with Crippen LogP contribution in [0.25, 0.3) is 0 Å². The van der Waals surface area contributed by atoms with Crippen LogP contribution in [0.5, 0.6) is 0 Å². The van der Waals surface area contributed by atoms with Gasteiger partial charge in [0, 0.05) is 39.1 Å². The number of carbonyl (C=O) groups is 2. The van der Waals surface area contributed by atoms with Gasteiger partial charge in [-0.2, -0.15) is 0 Å². The lowest BCUT2D eigenvalue weighted by molar-refractivity contribution is 0.0814. The molecule has 8 nitrogen and oxygen atoms in total. The Morgan fingerprint density at radius 3 is 2.65 bits per heavy atom. The van der Waals surface area contributed by atoms with Crippen molar-refractivity contribution in [3.63, 3.8) is 0 Å². The van der Waals surface area contributed by atoms with Crippen LogP contribution in [0.4, 0.5) is 14.3 Å². The zero-order valence-electron chi connectivity index (χ0n) is 21.7. The Morgan fingerprint density at radius 1 is 1.16 bits per heavy atom. The third-order valence-electron chi connectivity index (χ3n) is 7.44. The number of piperidine rings is 2. The number of hydrogen-bond acceptors (Lipinski definition) is 7. The second-order valence-electron chi connectivity index (χ2n) is 10.4. The number of nitrogens with one attached hydrogen (secondary N) is 2. The zero-order chi connectivity index (χ0) is 26.4. The third kappa shape index (κ3) is 7.80. The number of β-amino-alcohol motifs (C(OH)–C–C–N with tert-alkyl or cyclic N) is 1. The van der Waals surface area contributed by atoms with Crippen molar-refractivity contribution < 1.29 is 19.1 Å². The number of ketones is 1. The summed E-state index contributed by atoms with van der Waals surface area (Å²) < 4.78 is 13.3. The molecular weight excluding hydrogens is 493 g/mol. The molecule has 2 aliphatic rings. The van der Waals surface area contributed by atoms with Gasteiger partial charge in [-0.25, -0.2) is 14.2 Å². The third-order valence-corrected chi connectivity index (χ3v) is 8.62. The summed E-state index contributed by atoms with van der Waals surface area (Å²) in [5.41, 5.74) is 1.80. The van der Waals surface area contributed by atoms with Crippen LogP contribution in [0.2, 0.25) is 0 Å². The Bertz CT molecular complexity index is 1060. The molecule has 2 amide bonds. The maximum absolute atomic E-state index is 13.3. The number of likely N-dealkylation sites (tertiary alicyclic amines) is 2. The van der Waals surface area contributed by atoms with E-state index in [1.165, 1.54) is 42.4 Å². The van der Waals surface area contributed by atoms with E-state index in [-0.39, 0.29) is 36.2 Å². The van der Waals surface area contributed by atoms with Gasteiger partial charge in [0.2, 0.25) is 0 Å². The lowest BCUT2D eigenvalue weighted by Crippen LogP contribution is -2.56. The number of hydrogen-bond donors (Lipinski definition) is 3. The quantitative estimate of drug-likeness (QED) is 0.428. The molecule has 4 rings (SSSR count). The summed E-state index contributed by atoms with van der Waals surface area (Å²) in [6.07, 6.45) is 4.19. The van der Waals surface area contributed by atoms with Gasteiger partial charge in [0.05, 0.1) is 17.2 Å². The monoisotopic (exact) mass is 531 g/mol. The van der Waals surface area contributed by atoms with E-state index < -0.39 is 0 Å². The second-order valence-corrected chi connectivity index (χ2v) is 11.4. The van der Waals surface area contributed by atoms with Gasteiger partial charge < -0.3 is 15.3 Å². The normalized spacial score (nSPS) is 23.1. The summed E-state index contributed by atoms with van der Waals surface area (Å²) in [7, 11) is 0. The smallest absolute Gasteiger partial charge is 0.321 e. The molecule has 3 heterocycles. The highest BCUT2D eigenvalue weighted by Crippen LogP contribution is 2.26. The van der Waals surface area contributed by atoms with Crippen molar-refractivity contribution in [1.82, 2.24) is 20.1 Å². The van der Waals surface area contributed by atoms with E-state index in [1.54, 1.807) is 6.92 Å². The fourth-order valence-corrected chi connectivity index (χ4v) is 6.50. The summed E-state index contributed by atoms with van der Waals surface area (Å²) >= 11 is 1.19. The molecule has 0 spiro atoms. The highest BCUT2D eigenvalue weighted by Gasteiger charge is 2.33. The van der Waals surface area contributed by atoms with E-state index in [0.29, 0.717) is 34.7 Å². The van der Waals surface area contributed by atoms with Crippen molar-refractivity contribution in [3.05, 3.63) is 46.2 Å². The molecule has 1 aromatic heterocycles. The van der Waals surface area contributed by atoms with Gasteiger partial charge in [-0.1, -0.05) is 23.5 Å².